The number of rotatable bonds is 13. The average molecular weight is 790 g/mol. The summed E-state index contributed by atoms with van der Waals surface area (Å²) in [6.45, 7) is 0.134. The van der Waals surface area contributed by atoms with Crippen LogP contribution < -0.4 is 34.3 Å². The molecule has 0 spiro atoms. The second kappa shape index (κ2) is 15.5. The molecule has 6 heterocycles. The fourth-order valence-corrected chi connectivity index (χ4v) is 7.89. The summed E-state index contributed by atoms with van der Waals surface area (Å²) in [5.74, 6) is -0.0966. The van der Waals surface area contributed by atoms with Crippen molar-refractivity contribution in [3.05, 3.63) is 68.2 Å². The minimum absolute atomic E-state index is 0.000789. The molecule has 24 nitrogen and oxygen atoms in total. The van der Waals surface area contributed by atoms with Crippen molar-refractivity contribution in [1.82, 2.24) is 28.7 Å². The first-order valence-corrected chi connectivity index (χ1v) is 19.0. The number of hydrogen-bond donors (Lipinski definition) is 6. The zero-order chi connectivity index (χ0) is 38.2. The summed E-state index contributed by atoms with van der Waals surface area (Å²) < 4.78 is 67.8. The van der Waals surface area contributed by atoms with Crippen LogP contribution in [0.5, 0.6) is 0 Å². The molecule has 3 fully saturated rings. The Morgan fingerprint density at radius 2 is 1.09 bits per heavy atom. The highest BCUT2D eigenvalue weighted by molar-refractivity contribution is 7.47. The van der Waals surface area contributed by atoms with E-state index in [1.807, 2.05) is 0 Å². The smallest absolute Gasteiger partial charge is 0.390 e. The number of hydrogen-bond acceptors (Lipinski definition) is 19. The molecule has 2 unspecified atom stereocenters. The molecule has 3 saturated heterocycles. The van der Waals surface area contributed by atoms with Gasteiger partial charge in [-0.15, -0.1) is 0 Å². The van der Waals surface area contributed by atoms with Gasteiger partial charge in [0.25, 0.3) is 0 Å². The maximum atomic E-state index is 13.2. The fraction of sp³-hybridized carbons (Fsp3) is 0.556. The lowest BCUT2D eigenvalue weighted by atomic mass is 10.2. The lowest BCUT2D eigenvalue weighted by molar-refractivity contribution is -0.0590. The maximum Gasteiger partial charge on any atom is 0.472 e. The van der Waals surface area contributed by atoms with Gasteiger partial charge in [-0.1, -0.05) is 0 Å². The van der Waals surface area contributed by atoms with Gasteiger partial charge >= 0.3 is 32.7 Å². The van der Waals surface area contributed by atoms with Crippen LogP contribution in [0, 0.1) is 0 Å². The molecule has 26 heteroatoms. The van der Waals surface area contributed by atoms with Crippen molar-refractivity contribution in [2.24, 2.45) is 0 Å². The molecule has 53 heavy (non-hydrogen) atoms. The first kappa shape index (κ1) is 38.8. The van der Waals surface area contributed by atoms with Crippen LogP contribution in [0.15, 0.2) is 51.2 Å². The van der Waals surface area contributed by atoms with Crippen LogP contribution in [0.1, 0.15) is 44.9 Å². The summed E-state index contributed by atoms with van der Waals surface area (Å²) in [4.78, 5) is 69.2. The number of ether oxygens (including phenoxy) is 3. The number of anilines is 3. The minimum Gasteiger partial charge on any atom is -0.390 e. The van der Waals surface area contributed by atoms with E-state index < -0.39 is 101 Å². The molecule has 0 saturated carbocycles. The van der Waals surface area contributed by atoms with Crippen molar-refractivity contribution in [3.8, 4) is 0 Å². The molecule has 0 amide bonds. The van der Waals surface area contributed by atoms with Gasteiger partial charge < -0.3 is 46.3 Å². The highest BCUT2D eigenvalue weighted by Gasteiger charge is 2.46. The maximum absolute atomic E-state index is 13.2. The van der Waals surface area contributed by atoms with Crippen LogP contribution in [0.25, 0.3) is 0 Å². The first-order valence-electron chi connectivity index (χ1n) is 16.0. The van der Waals surface area contributed by atoms with Crippen molar-refractivity contribution in [2.75, 3.05) is 30.4 Å². The van der Waals surface area contributed by atoms with Crippen LogP contribution in [0.3, 0.4) is 0 Å². The topological polar surface area (TPSA) is 342 Å². The van der Waals surface area contributed by atoms with E-state index in [1.54, 1.807) is 6.92 Å². The molecule has 0 aromatic carbocycles. The molecule has 6 rings (SSSR count). The summed E-state index contributed by atoms with van der Waals surface area (Å²) >= 11 is 0. The van der Waals surface area contributed by atoms with Crippen molar-refractivity contribution in [1.29, 1.82) is 0 Å². The highest BCUT2D eigenvalue weighted by atomic mass is 31.2. The van der Waals surface area contributed by atoms with Gasteiger partial charge in [0.15, 0.2) is 0 Å². The summed E-state index contributed by atoms with van der Waals surface area (Å²) in [6.07, 6.45) is -6.46. The Balaban J connectivity index is 1.10. The Hall–Kier alpha value is -3.90. The standard InChI is InChI=1S/C27H37N9O15P2/c1-13-15(9-23(47-13)35-6-3-20(29)32-26(35)39)50-52(41,42)46-12-18-16(10-24(49-18)36-7-4-21(30)33-27(36)40)51-53(43,44)45-11-17-14(37)8-22(48-17)34-5-2-19(28)31-25(34)38/h2-7,13-18,22-24,37H,8-12H2,1H3,(H,41,42)(H,43,44)(H2,28,31,38)(H2,29,32,39)(H2,30,33,40)/t13-,14+,15+,16+,17-,18-,22-,23-,24-/m1/s1. The number of nitrogens with two attached hydrogens (primary N) is 3. The van der Waals surface area contributed by atoms with Crippen molar-refractivity contribution < 1.29 is 56.3 Å². The predicted octanol–water partition coefficient (Wildman–Crippen LogP) is -1.25. The van der Waals surface area contributed by atoms with Crippen LogP contribution in [0.2, 0.25) is 0 Å². The Kier molecular flexibility index (Phi) is 11.3. The van der Waals surface area contributed by atoms with Crippen LogP contribution in [0.4, 0.5) is 17.5 Å². The zero-order valence-electron chi connectivity index (χ0n) is 27.7. The fourth-order valence-electron chi connectivity index (χ4n) is 5.93. The van der Waals surface area contributed by atoms with Gasteiger partial charge in [0, 0.05) is 37.9 Å². The van der Waals surface area contributed by atoms with Crippen LogP contribution in [-0.4, -0.2) is 93.4 Å². The second-order valence-electron chi connectivity index (χ2n) is 12.3. The number of nitrogens with zero attached hydrogens (tertiary/aromatic N) is 6. The molecular formula is C27H37N9O15P2. The minimum atomic E-state index is -5.01. The molecule has 9 N–H and O–H groups in total. The molecule has 0 aliphatic carbocycles. The van der Waals surface area contributed by atoms with Gasteiger partial charge in [0.2, 0.25) is 0 Å². The number of phosphoric ester groups is 2. The van der Waals surface area contributed by atoms with E-state index in [4.69, 9.17) is 49.5 Å². The number of aliphatic hydroxyl groups excluding tert-OH is 1. The van der Waals surface area contributed by atoms with Crippen molar-refractivity contribution in [3.63, 3.8) is 0 Å². The van der Waals surface area contributed by atoms with Gasteiger partial charge in [-0.05, 0) is 25.1 Å². The summed E-state index contributed by atoms with van der Waals surface area (Å²) in [5.41, 5.74) is 14.4. The third-order valence-electron chi connectivity index (χ3n) is 8.54. The third kappa shape index (κ3) is 9.25. The van der Waals surface area contributed by atoms with E-state index >= 15 is 0 Å². The molecule has 3 aliphatic heterocycles. The molecule has 3 aromatic rings. The zero-order valence-corrected chi connectivity index (χ0v) is 29.5. The van der Waals surface area contributed by atoms with E-state index in [0.29, 0.717) is 0 Å². The largest absolute Gasteiger partial charge is 0.472 e. The van der Waals surface area contributed by atoms with E-state index in [1.165, 1.54) is 36.8 Å². The highest BCUT2D eigenvalue weighted by Crippen LogP contribution is 2.51. The van der Waals surface area contributed by atoms with Gasteiger partial charge in [0.05, 0.1) is 31.5 Å². The van der Waals surface area contributed by atoms with Gasteiger partial charge in [-0.3, -0.25) is 31.8 Å². The van der Waals surface area contributed by atoms with E-state index in [9.17, 15) is 38.4 Å². The van der Waals surface area contributed by atoms with Gasteiger partial charge in [-0.25, -0.2) is 23.5 Å². The number of aromatic nitrogens is 6. The lowest BCUT2D eigenvalue weighted by Crippen LogP contribution is -2.30. The van der Waals surface area contributed by atoms with Gasteiger partial charge in [-0.2, -0.15) is 15.0 Å². The SMILES string of the molecule is C[C@H]1O[C@@H](n2ccc(N)nc2=O)C[C@@H]1OP(=O)(O)OC[C@H]1O[C@@H](n2ccc(N)nc2=O)C[C@@H]1OP(=O)(O)OC[C@H]1O[C@@H](n2ccc(N)nc2=O)C[C@@H]1O. The molecule has 3 aromatic heterocycles. The molecular weight excluding hydrogens is 752 g/mol. The number of phosphoric acid groups is 2. The monoisotopic (exact) mass is 789 g/mol. The summed E-state index contributed by atoms with van der Waals surface area (Å²) in [5, 5.41) is 10.5. The Morgan fingerprint density at radius 1 is 0.698 bits per heavy atom. The van der Waals surface area contributed by atoms with Crippen molar-refractivity contribution in [2.45, 2.75) is 81.5 Å². The quantitative estimate of drug-likeness (QED) is 0.110. The third-order valence-corrected chi connectivity index (χ3v) is 10.6. The summed E-state index contributed by atoms with van der Waals surface area (Å²) in [7, 11) is -9.92. The second-order valence-corrected chi connectivity index (χ2v) is 15.1. The Morgan fingerprint density at radius 3 is 1.58 bits per heavy atom. The normalized spacial score (nSPS) is 31.0. The molecule has 0 radical (unpaired) electrons. The number of aliphatic hydroxyl groups is 1. The molecule has 0 bridgehead atoms. The van der Waals surface area contributed by atoms with Crippen LogP contribution >= 0.6 is 15.6 Å². The average Bonchev–Trinajstić information content (AvgIpc) is 3.74. The summed E-state index contributed by atoms with van der Waals surface area (Å²) in [6, 6.07) is 4.04. The molecule has 3 aliphatic rings. The Bertz CT molecular complexity index is 2080. The first-order chi connectivity index (χ1) is 25.0. The van der Waals surface area contributed by atoms with Crippen molar-refractivity contribution >= 4 is 33.1 Å². The van der Waals surface area contributed by atoms with Gasteiger partial charge in [0.1, 0.15) is 54.4 Å². The molecule has 11 atom stereocenters. The lowest BCUT2D eigenvalue weighted by Gasteiger charge is -2.24. The van der Waals surface area contributed by atoms with E-state index in [2.05, 4.69) is 15.0 Å². The molecule has 290 valence electrons. The van der Waals surface area contributed by atoms with E-state index in [0.717, 1.165) is 13.7 Å². The predicted molar refractivity (Wildman–Crippen MR) is 177 cm³/mol. The Labute approximate surface area is 298 Å². The number of nitrogen functional groups attached to an aromatic ring is 3. The van der Waals surface area contributed by atoms with Crippen LogP contribution in [-0.2, 0) is 41.4 Å². The van der Waals surface area contributed by atoms with E-state index in [-0.39, 0.29) is 36.7 Å².